The highest BCUT2D eigenvalue weighted by atomic mass is 32.1. The number of hydrogen-bond donors (Lipinski definition) is 1. The summed E-state index contributed by atoms with van der Waals surface area (Å²) >= 11 is 5.92. The summed E-state index contributed by atoms with van der Waals surface area (Å²) in [6, 6.07) is 21.3. The minimum absolute atomic E-state index is 0.0142. The van der Waals surface area contributed by atoms with Gasteiger partial charge in [0.1, 0.15) is 0 Å². The molecule has 6 heteroatoms. The number of rotatable bonds is 6. The maximum atomic E-state index is 5.92. The predicted molar refractivity (Wildman–Crippen MR) is 146 cm³/mol. The monoisotopic (exact) mass is 481 g/mol. The van der Waals surface area contributed by atoms with Gasteiger partial charge in [-0.05, 0) is 91.1 Å². The molecule has 0 aliphatic carbocycles. The van der Waals surface area contributed by atoms with Crippen LogP contribution in [0.5, 0.6) is 0 Å². The Bertz CT molecular complexity index is 1310. The minimum atomic E-state index is -0.0525. The lowest BCUT2D eigenvalue weighted by molar-refractivity contribution is 0.563. The van der Waals surface area contributed by atoms with Crippen molar-refractivity contribution in [1.29, 1.82) is 0 Å². The van der Waals surface area contributed by atoms with Crippen LogP contribution in [0.1, 0.15) is 65.6 Å². The molecule has 5 nitrogen and oxygen atoms in total. The number of benzene rings is 1. The molecule has 0 bridgehead atoms. The summed E-state index contributed by atoms with van der Waals surface area (Å²) < 4.78 is 2.38. The lowest BCUT2D eigenvalue weighted by Crippen LogP contribution is -2.29. The van der Waals surface area contributed by atoms with Gasteiger partial charge in [-0.2, -0.15) is 0 Å². The van der Waals surface area contributed by atoms with E-state index >= 15 is 0 Å². The SMILES string of the molecule is Cc1cc(C2C(c3ccccn3)NC(=S)N2c2ccc(C(C)C)cc2)c(C)n1Cc1ccncc1. The van der Waals surface area contributed by atoms with Gasteiger partial charge in [-0.3, -0.25) is 9.97 Å². The summed E-state index contributed by atoms with van der Waals surface area (Å²) in [6.07, 6.45) is 5.55. The van der Waals surface area contributed by atoms with Crippen molar-refractivity contribution in [3.05, 3.63) is 113 Å². The van der Waals surface area contributed by atoms with Gasteiger partial charge in [-0.25, -0.2) is 0 Å². The minimum Gasteiger partial charge on any atom is -0.351 e. The van der Waals surface area contributed by atoms with E-state index in [2.05, 4.69) is 96.0 Å². The molecule has 3 aromatic heterocycles. The fourth-order valence-electron chi connectivity index (χ4n) is 5.01. The summed E-state index contributed by atoms with van der Waals surface area (Å²) in [5.74, 6) is 0.483. The first kappa shape index (κ1) is 23.2. The van der Waals surface area contributed by atoms with Crippen molar-refractivity contribution in [3.63, 3.8) is 0 Å². The highest BCUT2D eigenvalue weighted by molar-refractivity contribution is 7.80. The van der Waals surface area contributed by atoms with Crippen LogP contribution in [-0.2, 0) is 6.54 Å². The third-order valence-corrected chi connectivity index (χ3v) is 7.27. The molecule has 1 fully saturated rings. The Morgan fingerprint density at radius 2 is 1.71 bits per heavy atom. The molecular weight excluding hydrogens is 450 g/mol. The Kier molecular flexibility index (Phi) is 6.39. The van der Waals surface area contributed by atoms with E-state index in [0.29, 0.717) is 5.92 Å². The quantitative estimate of drug-likeness (QED) is 0.330. The van der Waals surface area contributed by atoms with Gasteiger partial charge in [0.15, 0.2) is 5.11 Å². The second-order valence-electron chi connectivity index (χ2n) is 9.51. The number of aryl methyl sites for hydroxylation is 1. The molecule has 4 heterocycles. The van der Waals surface area contributed by atoms with Gasteiger partial charge in [0, 0.05) is 42.2 Å². The average molecular weight is 482 g/mol. The molecule has 2 atom stereocenters. The second kappa shape index (κ2) is 9.62. The smallest absolute Gasteiger partial charge is 0.174 e. The van der Waals surface area contributed by atoms with E-state index in [1.165, 1.54) is 28.1 Å². The van der Waals surface area contributed by atoms with E-state index < -0.39 is 0 Å². The van der Waals surface area contributed by atoms with Gasteiger partial charge in [0.25, 0.3) is 0 Å². The normalized spacial score (nSPS) is 17.7. The largest absolute Gasteiger partial charge is 0.351 e. The first-order valence-electron chi connectivity index (χ1n) is 12.1. The molecule has 2 unspecified atom stereocenters. The number of pyridine rings is 2. The Labute approximate surface area is 212 Å². The molecule has 35 heavy (non-hydrogen) atoms. The van der Waals surface area contributed by atoms with Crippen LogP contribution in [0.2, 0.25) is 0 Å². The number of thiocarbonyl (C=S) groups is 1. The zero-order chi connectivity index (χ0) is 24.5. The van der Waals surface area contributed by atoms with E-state index in [4.69, 9.17) is 17.2 Å². The third kappa shape index (κ3) is 4.46. The number of nitrogens with zero attached hydrogens (tertiary/aromatic N) is 4. The molecule has 4 aromatic rings. The molecule has 1 aliphatic rings. The Morgan fingerprint density at radius 3 is 2.37 bits per heavy atom. The first-order chi connectivity index (χ1) is 16.9. The van der Waals surface area contributed by atoms with Crippen molar-refractivity contribution in [3.8, 4) is 0 Å². The highest BCUT2D eigenvalue weighted by Crippen LogP contribution is 2.43. The number of nitrogens with one attached hydrogen (secondary N) is 1. The standard InChI is InChI=1S/C29H31N5S/c1-19(2)23-8-10-24(11-9-23)34-28(27(32-29(34)35)26-7-5-6-14-31-26)25-17-20(3)33(21(25)4)18-22-12-15-30-16-13-22/h5-17,19,27-28H,18H2,1-4H3,(H,32,35). The van der Waals surface area contributed by atoms with Crippen LogP contribution < -0.4 is 10.2 Å². The molecule has 0 radical (unpaired) electrons. The molecule has 1 aliphatic heterocycles. The van der Waals surface area contributed by atoms with Crippen molar-refractivity contribution in [1.82, 2.24) is 19.9 Å². The Balaban J connectivity index is 1.60. The van der Waals surface area contributed by atoms with Crippen LogP contribution in [0.4, 0.5) is 5.69 Å². The third-order valence-electron chi connectivity index (χ3n) is 6.96. The molecule has 5 rings (SSSR count). The topological polar surface area (TPSA) is 46.0 Å². The molecule has 0 spiro atoms. The Morgan fingerprint density at radius 1 is 0.971 bits per heavy atom. The van der Waals surface area contributed by atoms with Crippen molar-refractivity contribution < 1.29 is 0 Å². The molecule has 1 N–H and O–H groups in total. The fraction of sp³-hybridized carbons (Fsp3) is 0.276. The van der Waals surface area contributed by atoms with Crippen molar-refractivity contribution >= 4 is 23.0 Å². The average Bonchev–Trinajstić information content (AvgIpc) is 3.36. The van der Waals surface area contributed by atoms with Crippen LogP contribution in [0, 0.1) is 13.8 Å². The zero-order valence-corrected chi connectivity index (χ0v) is 21.5. The van der Waals surface area contributed by atoms with E-state index in [-0.39, 0.29) is 12.1 Å². The molecule has 1 aromatic carbocycles. The summed E-state index contributed by atoms with van der Waals surface area (Å²) in [7, 11) is 0. The summed E-state index contributed by atoms with van der Waals surface area (Å²) in [5, 5.41) is 4.31. The maximum absolute atomic E-state index is 5.92. The zero-order valence-electron chi connectivity index (χ0n) is 20.6. The van der Waals surface area contributed by atoms with Gasteiger partial charge in [-0.15, -0.1) is 0 Å². The summed E-state index contributed by atoms with van der Waals surface area (Å²) in [6.45, 7) is 9.63. The van der Waals surface area contributed by atoms with Crippen LogP contribution in [0.3, 0.4) is 0 Å². The Hall–Kier alpha value is -3.51. The van der Waals surface area contributed by atoms with Crippen molar-refractivity contribution in [2.45, 2.75) is 52.2 Å². The van der Waals surface area contributed by atoms with E-state index in [0.717, 1.165) is 23.0 Å². The summed E-state index contributed by atoms with van der Waals surface area (Å²) in [5.41, 5.74) is 8.35. The summed E-state index contributed by atoms with van der Waals surface area (Å²) in [4.78, 5) is 11.1. The first-order valence-corrected chi connectivity index (χ1v) is 12.5. The highest BCUT2D eigenvalue weighted by Gasteiger charge is 2.42. The number of hydrogen-bond acceptors (Lipinski definition) is 3. The second-order valence-corrected chi connectivity index (χ2v) is 9.90. The van der Waals surface area contributed by atoms with Gasteiger partial charge < -0.3 is 14.8 Å². The fourth-order valence-corrected chi connectivity index (χ4v) is 5.36. The van der Waals surface area contributed by atoms with Crippen LogP contribution in [0.25, 0.3) is 0 Å². The molecule has 0 saturated carbocycles. The van der Waals surface area contributed by atoms with E-state index in [1.807, 2.05) is 30.7 Å². The predicted octanol–water partition coefficient (Wildman–Crippen LogP) is 6.24. The number of aromatic nitrogens is 3. The lowest BCUT2D eigenvalue weighted by atomic mass is 9.96. The van der Waals surface area contributed by atoms with E-state index in [1.54, 1.807) is 0 Å². The van der Waals surface area contributed by atoms with Gasteiger partial charge >= 0.3 is 0 Å². The molecule has 1 saturated heterocycles. The molecular formula is C29H31N5S. The molecule has 0 amide bonds. The van der Waals surface area contributed by atoms with Gasteiger partial charge in [0.2, 0.25) is 0 Å². The number of anilines is 1. The van der Waals surface area contributed by atoms with Crippen LogP contribution in [0.15, 0.2) is 79.3 Å². The van der Waals surface area contributed by atoms with Crippen molar-refractivity contribution in [2.24, 2.45) is 0 Å². The maximum Gasteiger partial charge on any atom is 0.174 e. The van der Waals surface area contributed by atoms with E-state index in [9.17, 15) is 0 Å². The lowest BCUT2D eigenvalue weighted by Gasteiger charge is -2.28. The van der Waals surface area contributed by atoms with Crippen molar-refractivity contribution in [2.75, 3.05) is 4.90 Å². The van der Waals surface area contributed by atoms with Gasteiger partial charge in [-0.1, -0.05) is 32.0 Å². The van der Waals surface area contributed by atoms with Crippen LogP contribution >= 0.6 is 12.2 Å². The van der Waals surface area contributed by atoms with Gasteiger partial charge in [0.05, 0.1) is 17.8 Å². The van der Waals surface area contributed by atoms with Crippen LogP contribution in [-0.4, -0.2) is 19.6 Å². The molecule has 178 valence electrons.